The van der Waals surface area contributed by atoms with Crippen molar-refractivity contribution in [1.29, 1.82) is 0 Å². The van der Waals surface area contributed by atoms with Gasteiger partial charge in [0.15, 0.2) is 0 Å². The van der Waals surface area contributed by atoms with Crippen LogP contribution >= 0.6 is 0 Å². The topological polar surface area (TPSA) is 35.2 Å². The van der Waals surface area contributed by atoms with Gasteiger partial charge < -0.3 is 10.5 Å². The van der Waals surface area contributed by atoms with Gasteiger partial charge in [-0.1, -0.05) is 24.3 Å². The Morgan fingerprint density at radius 1 is 1.50 bits per heavy atom. The van der Waals surface area contributed by atoms with Gasteiger partial charge in [-0.2, -0.15) is 0 Å². The monoisotopic (exact) mass is 191 g/mol. The second kappa shape index (κ2) is 5.45. The lowest BCUT2D eigenvalue weighted by molar-refractivity contribution is 0.362. The number of nitrogens with two attached hydrogens (primary N) is 1. The Kier molecular flexibility index (Phi) is 4.20. The number of benzene rings is 1. The van der Waals surface area contributed by atoms with Crippen molar-refractivity contribution in [3.63, 3.8) is 0 Å². The molecule has 2 nitrogen and oxygen atoms in total. The molecule has 0 heterocycles. The van der Waals surface area contributed by atoms with Gasteiger partial charge in [0.25, 0.3) is 0 Å². The second-order valence-electron chi connectivity index (χ2n) is 3.24. The van der Waals surface area contributed by atoms with E-state index in [9.17, 15) is 0 Å². The minimum Gasteiger partial charge on any atom is -0.490 e. The summed E-state index contributed by atoms with van der Waals surface area (Å²) in [7, 11) is 0. The maximum atomic E-state index is 5.77. The summed E-state index contributed by atoms with van der Waals surface area (Å²) < 4.78 is 5.49. The first kappa shape index (κ1) is 10.8. The zero-order chi connectivity index (χ0) is 10.4. The van der Waals surface area contributed by atoms with Crippen molar-refractivity contribution in [3.8, 4) is 5.75 Å². The predicted octanol–water partition coefficient (Wildman–Crippen LogP) is 2.66. The van der Waals surface area contributed by atoms with Crippen molar-refractivity contribution in [2.45, 2.75) is 19.9 Å². The number of hydrogen-bond acceptors (Lipinski definition) is 2. The third-order valence-corrected chi connectivity index (χ3v) is 1.97. The Balaban J connectivity index is 2.64. The van der Waals surface area contributed by atoms with Gasteiger partial charge in [0.05, 0.1) is 0 Å². The van der Waals surface area contributed by atoms with Crippen molar-refractivity contribution in [3.05, 3.63) is 42.0 Å². The lowest BCUT2D eigenvalue weighted by Crippen LogP contribution is -2.05. The van der Waals surface area contributed by atoms with Crippen LogP contribution in [0.15, 0.2) is 36.4 Å². The molecule has 1 unspecified atom stereocenters. The molecule has 0 aliphatic heterocycles. The van der Waals surface area contributed by atoms with E-state index >= 15 is 0 Å². The zero-order valence-corrected chi connectivity index (χ0v) is 8.73. The largest absolute Gasteiger partial charge is 0.490 e. The third-order valence-electron chi connectivity index (χ3n) is 1.97. The van der Waals surface area contributed by atoms with E-state index in [2.05, 4.69) is 0 Å². The van der Waals surface area contributed by atoms with E-state index in [-0.39, 0.29) is 6.04 Å². The van der Waals surface area contributed by atoms with Gasteiger partial charge in [0.2, 0.25) is 0 Å². The molecule has 0 fully saturated rings. The predicted molar refractivity (Wildman–Crippen MR) is 59.4 cm³/mol. The molecule has 0 radical (unpaired) electrons. The Labute approximate surface area is 85.4 Å². The maximum Gasteiger partial charge on any atom is 0.120 e. The van der Waals surface area contributed by atoms with Crippen molar-refractivity contribution >= 4 is 0 Å². The van der Waals surface area contributed by atoms with Crippen LogP contribution in [0.4, 0.5) is 0 Å². The van der Waals surface area contributed by atoms with Crippen LogP contribution in [0.2, 0.25) is 0 Å². The Hall–Kier alpha value is -1.28. The van der Waals surface area contributed by atoms with Gasteiger partial charge in [-0.3, -0.25) is 0 Å². The van der Waals surface area contributed by atoms with Crippen LogP contribution in [0.3, 0.4) is 0 Å². The van der Waals surface area contributed by atoms with E-state index in [0.717, 1.165) is 11.3 Å². The molecule has 76 valence electrons. The normalized spacial score (nSPS) is 13.1. The van der Waals surface area contributed by atoms with Gasteiger partial charge in [-0.15, -0.1) is 0 Å². The second-order valence-corrected chi connectivity index (χ2v) is 3.24. The minimum atomic E-state index is 0.0558. The smallest absolute Gasteiger partial charge is 0.120 e. The quantitative estimate of drug-likeness (QED) is 0.742. The molecule has 1 atom stereocenters. The molecule has 0 saturated carbocycles. The summed E-state index contributed by atoms with van der Waals surface area (Å²) in [5, 5.41) is 0. The van der Waals surface area contributed by atoms with Gasteiger partial charge >= 0.3 is 0 Å². The van der Waals surface area contributed by atoms with Crippen LogP contribution in [0.25, 0.3) is 0 Å². The molecule has 2 N–H and O–H groups in total. The first-order valence-corrected chi connectivity index (χ1v) is 4.83. The van der Waals surface area contributed by atoms with E-state index in [1.54, 1.807) is 0 Å². The average molecular weight is 191 g/mol. The highest BCUT2D eigenvalue weighted by Crippen LogP contribution is 2.17. The molecule has 1 aromatic carbocycles. The van der Waals surface area contributed by atoms with E-state index in [1.165, 1.54) is 0 Å². The fourth-order valence-electron chi connectivity index (χ4n) is 1.13. The summed E-state index contributed by atoms with van der Waals surface area (Å²) in [5.74, 6) is 0.873. The number of hydrogen-bond donors (Lipinski definition) is 1. The highest BCUT2D eigenvalue weighted by Gasteiger charge is 1.99. The number of rotatable bonds is 4. The van der Waals surface area contributed by atoms with Crippen LogP contribution in [0.1, 0.15) is 25.5 Å². The number of allylic oxidation sites excluding steroid dienone is 1. The molecule has 0 aliphatic rings. The molecule has 0 spiro atoms. The molecule has 0 aromatic heterocycles. The van der Waals surface area contributed by atoms with Gasteiger partial charge in [-0.25, -0.2) is 0 Å². The molecule has 0 saturated heterocycles. The highest BCUT2D eigenvalue weighted by molar-refractivity contribution is 5.30. The van der Waals surface area contributed by atoms with Crippen LogP contribution in [-0.4, -0.2) is 6.61 Å². The van der Waals surface area contributed by atoms with Crippen LogP contribution in [0.5, 0.6) is 5.75 Å². The molecule has 1 aromatic rings. The van der Waals surface area contributed by atoms with Gasteiger partial charge in [-0.05, 0) is 31.5 Å². The molecular formula is C12H17NO. The summed E-state index contributed by atoms with van der Waals surface area (Å²) >= 11 is 0. The Morgan fingerprint density at radius 2 is 2.29 bits per heavy atom. The van der Waals surface area contributed by atoms with Crippen LogP contribution in [-0.2, 0) is 0 Å². The maximum absolute atomic E-state index is 5.77. The Morgan fingerprint density at radius 3 is 2.93 bits per heavy atom. The first-order valence-electron chi connectivity index (χ1n) is 4.83. The molecule has 0 aliphatic carbocycles. The molecular weight excluding hydrogens is 174 g/mol. The third kappa shape index (κ3) is 3.23. The van der Waals surface area contributed by atoms with E-state index in [1.807, 2.05) is 50.3 Å². The van der Waals surface area contributed by atoms with Crippen molar-refractivity contribution < 1.29 is 4.74 Å². The summed E-state index contributed by atoms with van der Waals surface area (Å²) in [6.07, 6.45) is 3.94. The van der Waals surface area contributed by atoms with E-state index in [0.29, 0.717) is 6.61 Å². The summed E-state index contributed by atoms with van der Waals surface area (Å²) in [6.45, 7) is 4.55. The lowest BCUT2D eigenvalue weighted by atomic mass is 10.1. The molecule has 2 heteroatoms. The highest BCUT2D eigenvalue weighted by atomic mass is 16.5. The summed E-state index contributed by atoms with van der Waals surface area (Å²) in [6, 6.07) is 7.95. The van der Waals surface area contributed by atoms with Crippen molar-refractivity contribution in [1.82, 2.24) is 0 Å². The zero-order valence-electron chi connectivity index (χ0n) is 8.73. The minimum absolute atomic E-state index is 0.0558. The Bertz CT molecular complexity index is 305. The fraction of sp³-hybridized carbons (Fsp3) is 0.333. The standard InChI is InChI=1S/C12H17NO/c1-3-4-8-14-12-7-5-6-11(9-12)10(2)13/h3-7,9-10H,8,13H2,1-2H3/b4-3+. The molecule has 1 rings (SSSR count). The number of ether oxygens (including phenoxy) is 1. The molecule has 14 heavy (non-hydrogen) atoms. The molecule has 0 amide bonds. The van der Waals surface area contributed by atoms with Crippen LogP contribution in [0, 0.1) is 0 Å². The summed E-state index contributed by atoms with van der Waals surface area (Å²) in [4.78, 5) is 0. The SMILES string of the molecule is C/C=C/COc1cccc(C(C)N)c1. The van der Waals surface area contributed by atoms with E-state index in [4.69, 9.17) is 10.5 Å². The van der Waals surface area contributed by atoms with Gasteiger partial charge in [0, 0.05) is 6.04 Å². The van der Waals surface area contributed by atoms with E-state index < -0.39 is 0 Å². The first-order chi connectivity index (χ1) is 6.74. The van der Waals surface area contributed by atoms with Crippen LogP contribution < -0.4 is 10.5 Å². The van der Waals surface area contributed by atoms with Gasteiger partial charge in [0.1, 0.15) is 12.4 Å². The van der Waals surface area contributed by atoms with Crippen molar-refractivity contribution in [2.75, 3.05) is 6.61 Å². The summed E-state index contributed by atoms with van der Waals surface area (Å²) in [5.41, 5.74) is 6.87. The average Bonchev–Trinajstić information content (AvgIpc) is 2.19. The fourth-order valence-corrected chi connectivity index (χ4v) is 1.13. The van der Waals surface area contributed by atoms with Crippen molar-refractivity contribution in [2.24, 2.45) is 5.73 Å². The molecule has 0 bridgehead atoms. The lowest BCUT2D eigenvalue weighted by Gasteiger charge is -2.08.